The zero-order valence-electron chi connectivity index (χ0n) is 12.5. The first-order valence-electron chi connectivity index (χ1n) is 7.43. The smallest absolute Gasteiger partial charge is 0.0753 e. The first-order chi connectivity index (χ1) is 10.3. The van der Waals surface area contributed by atoms with Crippen molar-refractivity contribution < 1.29 is 0 Å². The van der Waals surface area contributed by atoms with Gasteiger partial charge in [-0.05, 0) is 30.7 Å². The Balaban J connectivity index is 2.16. The quantitative estimate of drug-likeness (QED) is 0.771. The van der Waals surface area contributed by atoms with E-state index in [0.717, 1.165) is 12.1 Å². The molecule has 1 N–H and O–H groups in total. The number of nitrogens with one attached hydrogen (secondary N) is 1. The lowest BCUT2D eigenvalue weighted by Gasteiger charge is -2.20. The number of para-hydroxylation sites is 1. The molecule has 2 aromatic carbocycles. The molecule has 0 aliphatic carbocycles. The molecule has 0 aliphatic heterocycles. The highest BCUT2D eigenvalue weighted by molar-refractivity contribution is 5.82. The van der Waals surface area contributed by atoms with Crippen molar-refractivity contribution >= 4 is 10.9 Å². The third-order valence-corrected chi connectivity index (χ3v) is 3.76. The van der Waals surface area contributed by atoms with Crippen LogP contribution in [0.25, 0.3) is 10.9 Å². The van der Waals surface area contributed by atoms with Crippen LogP contribution in [0.1, 0.15) is 29.7 Å². The molecule has 0 radical (unpaired) electrons. The number of benzene rings is 2. The maximum atomic E-state index is 4.59. The van der Waals surface area contributed by atoms with E-state index < -0.39 is 0 Å². The van der Waals surface area contributed by atoms with Crippen molar-refractivity contribution in [1.29, 1.82) is 0 Å². The van der Waals surface area contributed by atoms with Crippen LogP contribution in [0.15, 0.2) is 60.8 Å². The van der Waals surface area contributed by atoms with Crippen LogP contribution in [-0.4, -0.2) is 11.5 Å². The number of rotatable bonds is 4. The van der Waals surface area contributed by atoms with Gasteiger partial charge in [0.1, 0.15) is 0 Å². The van der Waals surface area contributed by atoms with Crippen molar-refractivity contribution in [3.8, 4) is 0 Å². The molecule has 0 spiro atoms. The van der Waals surface area contributed by atoms with Crippen LogP contribution in [0.3, 0.4) is 0 Å². The molecule has 2 nitrogen and oxygen atoms in total. The van der Waals surface area contributed by atoms with Gasteiger partial charge in [0, 0.05) is 11.6 Å². The average Bonchev–Trinajstić information content (AvgIpc) is 2.52. The molecule has 3 rings (SSSR count). The molecule has 1 atom stereocenters. The molecular formula is C19H20N2. The van der Waals surface area contributed by atoms with Crippen molar-refractivity contribution in [2.45, 2.75) is 19.9 Å². The minimum absolute atomic E-state index is 0.175. The van der Waals surface area contributed by atoms with Crippen molar-refractivity contribution in [3.63, 3.8) is 0 Å². The molecule has 1 aromatic heterocycles. The molecule has 106 valence electrons. The fourth-order valence-corrected chi connectivity index (χ4v) is 2.82. The summed E-state index contributed by atoms with van der Waals surface area (Å²) in [6.07, 6.45) is 1.87. The molecule has 0 saturated heterocycles. The predicted octanol–water partition coefficient (Wildman–Crippen LogP) is 4.24. The average molecular weight is 276 g/mol. The van der Waals surface area contributed by atoms with E-state index in [1.165, 1.54) is 22.1 Å². The fraction of sp³-hybridized carbons (Fsp3) is 0.211. The molecule has 0 bridgehead atoms. The standard InChI is InChI=1S/C19H20N2/c1-3-20-19(16-9-4-7-14(2)13-16)17-11-5-8-15-10-6-12-21-18(15)17/h4-13,19-20H,3H2,1-2H3. The summed E-state index contributed by atoms with van der Waals surface area (Å²) in [5.41, 5.74) is 4.88. The second-order valence-corrected chi connectivity index (χ2v) is 5.33. The Kier molecular flexibility index (Phi) is 3.98. The first kappa shape index (κ1) is 13.8. The van der Waals surface area contributed by atoms with Crippen molar-refractivity contribution in [2.24, 2.45) is 0 Å². The van der Waals surface area contributed by atoms with E-state index >= 15 is 0 Å². The molecule has 0 saturated carbocycles. The third kappa shape index (κ3) is 2.81. The number of hydrogen-bond donors (Lipinski definition) is 1. The van der Waals surface area contributed by atoms with Crippen LogP contribution < -0.4 is 5.32 Å². The van der Waals surface area contributed by atoms with Gasteiger partial charge in [-0.25, -0.2) is 0 Å². The van der Waals surface area contributed by atoms with Crippen LogP contribution in [0.4, 0.5) is 0 Å². The lowest BCUT2D eigenvalue weighted by molar-refractivity contribution is 0.633. The largest absolute Gasteiger partial charge is 0.306 e. The summed E-state index contributed by atoms with van der Waals surface area (Å²) in [7, 11) is 0. The second-order valence-electron chi connectivity index (χ2n) is 5.33. The number of aryl methyl sites for hydroxylation is 1. The van der Waals surface area contributed by atoms with Gasteiger partial charge in [0.2, 0.25) is 0 Å². The van der Waals surface area contributed by atoms with Gasteiger partial charge >= 0.3 is 0 Å². The summed E-state index contributed by atoms with van der Waals surface area (Å²) >= 11 is 0. The Bertz CT molecular complexity index is 744. The van der Waals surface area contributed by atoms with E-state index in [1.54, 1.807) is 0 Å². The lowest BCUT2D eigenvalue weighted by Crippen LogP contribution is -2.22. The van der Waals surface area contributed by atoms with Crippen molar-refractivity contribution in [2.75, 3.05) is 6.54 Å². The molecule has 1 unspecified atom stereocenters. The fourth-order valence-electron chi connectivity index (χ4n) is 2.82. The van der Waals surface area contributed by atoms with Crippen LogP contribution in [-0.2, 0) is 0 Å². The molecule has 0 fully saturated rings. The highest BCUT2D eigenvalue weighted by Crippen LogP contribution is 2.28. The molecule has 3 aromatic rings. The van der Waals surface area contributed by atoms with E-state index in [2.05, 4.69) is 72.7 Å². The maximum Gasteiger partial charge on any atom is 0.0753 e. The Morgan fingerprint density at radius 2 is 1.86 bits per heavy atom. The number of hydrogen-bond acceptors (Lipinski definition) is 2. The Labute approximate surface area is 125 Å². The molecule has 21 heavy (non-hydrogen) atoms. The molecule has 0 amide bonds. The SMILES string of the molecule is CCNC(c1cccc(C)c1)c1cccc2cccnc12. The summed E-state index contributed by atoms with van der Waals surface area (Å²) in [5, 5.41) is 4.78. The molecule has 0 aliphatic rings. The van der Waals surface area contributed by atoms with Crippen molar-refractivity contribution in [1.82, 2.24) is 10.3 Å². The molecule has 1 heterocycles. The Morgan fingerprint density at radius 1 is 1.05 bits per heavy atom. The van der Waals surface area contributed by atoms with E-state index in [1.807, 2.05) is 12.3 Å². The maximum absolute atomic E-state index is 4.59. The van der Waals surface area contributed by atoms with Crippen LogP contribution in [0.2, 0.25) is 0 Å². The number of fused-ring (bicyclic) bond motifs is 1. The zero-order valence-corrected chi connectivity index (χ0v) is 12.5. The number of nitrogens with zero attached hydrogens (tertiary/aromatic N) is 1. The summed E-state index contributed by atoms with van der Waals surface area (Å²) in [5.74, 6) is 0. The molecule has 2 heteroatoms. The van der Waals surface area contributed by atoms with Crippen molar-refractivity contribution in [3.05, 3.63) is 77.5 Å². The van der Waals surface area contributed by atoms with Gasteiger partial charge in [0.25, 0.3) is 0 Å². The van der Waals surface area contributed by atoms with E-state index in [0.29, 0.717) is 0 Å². The third-order valence-electron chi connectivity index (χ3n) is 3.76. The van der Waals surface area contributed by atoms with Crippen LogP contribution in [0.5, 0.6) is 0 Å². The van der Waals surface area contributed by atoms with Gasteiger partial charge in [-0.15, -0.1) is 0 Å². The lowest BCUT2D eigenvalue weighted by atomic mass is 9.95. The highest BCUT2D eigenvalue weighted by Gasteiger charge is 2.16. The van der Waals surface area contributed by atoms with Gasteiger partial charge in [0.15, 0.2) is 0 Å². The van der Waals surface area contributed by atoms with Gasteiger partial charge in [0.05, 0.1) is 11.6 Å². The topological polar surface area (TPSA) is 24.9 Å². The second kappa shape index (κ2) is 6.06. The first-order valence-corrected chi connectivity index (χ1v) is 7.43. The zero-order chi connectivity index (χ0) is 14.7. The van der Waals surface area contributed by atoms with E-state index in [9.17, 15) is 0 Å². The van der Waals surface area contributed by atoms with E-state index in [4.69, 9.17) is 0 Å². The van der Waals surface area contributed by atoms with Gasteiger partial charge in [-0.3, -0.25) is 4.98 Å². The Hall–Kier alpha value is -2.19. The number of aromatic nitrogens is 1. The minimum atomic E-state index is 0.175. The van der Waals surface area contributed by atoms with Gasteiger partial charge < -0.3 is 5.32 Å². The van der Waals surface area contributed by atoms with Crippen LogP contribution in [0, 0.1) is 6.92 Å². The minimum Gasteiger partial charge on any atom is -0.306 e. The normalized spacial score (nSPS) is 12.5. The summed E-state index contributed by atoms with van der Waals surface area (Å²) in [4.78, 5) is 4.59. The van der Waals surface area contributed by atoms with Crippen LogP contribution >= 0.6 is 0 Å². The summed E-state index contributed by atoms with van der Waals surface area (Å²) in [6.45, 7) is 5.19. The van der Waals surface area contributed by atoms with E-state index in [-0.39, 0.29) is 6.04 Å². The predicted molar refractivity (Wildman–Crippen MR) is 88.4 cm³/mol. The molecular weight excluding hydrogens is 256 g/mol. The summed E-state index contributed by atoms with van der Waals surface area (Å²) in [6, 6.07) is 19.4. The summed E-state index contributed by atoms with van der Waals surface area (Å²) < 4.78 is 0. The number of pyridine rings is 1. The highest BCUT2D eigenvalue weighted by atomic mass is 14.9. The van der Waals surface area contributed by atoms with Gasteiger partial charge in [-0.2, -0.15) is 0 Å². The Morgan fingerprint density at radius 3 is 2.67 bits per heavy atom. The van der Waals surface area contributed by atoms with Gasteiger partial charge in [-0.1, -0.05) is 61.0 Å². The monoisotopic (exact) mass is 276 g/mol.